The highest BCUT2D eigenvalue weighted by Gasteiger charge is 2.17. The molecule has 0 saturated heterocycles. The van der Waals surface area contributed by atoms with E-state index in [9.17, 15) is 23.5 Å². The van der Waals surface area contributed by atoms with Crippen LogP contribution in [0.2, 0.25) is 0 Å². The number of thiophene rings is 1. The van der Waals surface area contributed by atoms with Gasteiger partial charge in [-0.25, -0.2) is 0 Å². The monoisotopic (exact) mass is 383 g/mol. The molecule has 138 valence electrons. The average molecular weight is 383 g/mol. The van der Waals surface area contributed by atoms with Crippen LogP contribution >= 0.6 is 11.3 Å². The summed E-state index contributed by atoms with van der Waals surface area (Å²) >= 11 is 0.793. The Balaban J connectivity index is 2.28. The van der Waals surface area contributed by atoms with E-state index in [1.807, 2.05) is 0 Å². The number of carboxylic acid groups (broad SMARTS) is 1. The lowest BCUT2D eigenvalue weighted by Crippen LogP contribution is -2.20. The van der Waals surface area contributed by atoms with Crippen molar-refractivity contribution in [2.45, 2.75) is 6.61 Å². The molecular formula is C17H13F2O6S-. The standard InChI is InChI=1S/C17H14F2O6S/c1-23-11-7-9(8-12(24-2)15(11)25-17(18)19)3-4-10(20)13-5-6-14(26-13)16(21)22/h3-8,17H,1-2H3,(H,21,22)/p-1/b4-3+. The summed E-state index contributed by atoms with van der Waals surface area (Å²) in [4.78, 5) is 23.0. The van der Waals surface area contributed by atoms with Crippen LogP contribution in [-0.2, 0) is 0 Å². The number of carbonyl (C=O) groups excluding carboxylic acids is 2. The molecule has 0 saturated carbocycles. The van der Waals surface area contributed by atoms with Gasteiger partial charge in [-0.1, -0.05) is 6.08 Å². The smallest absolute Gasteiger partial charge is 0.387 e. The first-order valence-corrected chi connectivity index (χ1v) is 7.91. The van der Waals surface area contributed by atoms with Crippen molar-refractivity contribution in [1.29, 1.82) is 0 Å². The number of ketones is 1. The second-order valence-corrected chi connectivity index (χ2v) is 5.87. The van der Waals surface area contributed by atoms with Gasteiger partial charge >= 0.3 is 6.61 Å². The van der Waals surface area contributed by atoms with Gasteiger partial charge in [0.2, 0.25) is 5.75 Å². The molecule has 26 heavy (non-hydrogen) atoms. The summed E-state index contributed by atoms with van der Waals surface area (Å²) in [5, 5.41) is 10.7. The maximum absolute atomic E-state index is 12.5. The molecule has 9 heteroatoms. The summed E-state index contributed by atoms with van der Waals surface area (Å²) in [6.07, 6.45) is 2.63. The van der Waals surface area contributed by atoms with Crippen molar-refractivity contribution in [2.75, 3.05) is 14.2 Å². The fraction of sp³-hybridized carbons (Fsp3) is 0.176. The van der Waals surface area contributed by atoms with Crippen LogP contribution in [0.15, 0.2) is 30.3 Å². The third kappa shape index (κ3) is 4.57. The predicted molar refractivity (Wildman–Crippen MR) is 88.2 cm³/mol. The zero-order valence-corrected chi connectivity index (χ0v) is 14.5. The van der Waals surface area contributed by atoms with Gasteiger partial charge in [0.1, 0.15) is 0 Å². The van der Waals surface area contributed by atoms with Gasteiger partial charge in [0, 0.05) is 0 Å². The molecule has 6 nitrogen and oxygen atoms in total. The molecule has 2 aromatic rings. The van der Waals surface area contributed by atoms with Crippen LogP contribution in [0.25, 0.3) is 6.08 Å². The zero-order valence-electron chi connectivity index (χ0n) is 13.7. The van der Waals surface area contributed by atoms with Crippen molar-refractivity contribution in [3.05, 3.63) is 45.7 Å². The fourth-order valence-corrected chi connectivity index (χ4v) is 2.80. The second-order valence-electron chi connectivity index (χ2n) is 4.78. The van der Waals surface area contributed by atoms with Crippen LogP contribution in [0.1, 0.15) is 24.9 Å². The van der Waals surface area contributed by atoms with Crippen LogP contribution in [0.3, 0.4) is 0 Å². The number of benzene rings is 1. The summed E-state index contributed by atoms with van der Waals surface area (Å²) in [6.45, 7) is -3.06. The van der Waals surface area contributed by atoms with Gasteiger partial charge in [0.25, 0.3) is 0 Å². The second kappa shape index (κ2) is 8.43. The van der Waals surface area contributed by atoms with E-state index in [2.05, 4.69) is 4.74 Å². The lowest BCUT2D eigenvalue weighted by atomic mass is 10.1. The summed E-state index contributed by atoms with van der Waals surface area (Å²) in [5.74, 6) is -2.03. The van der Waals surface area contributed by atoms with Crippen molar-refractivity contribution >= 4 is 29.2 Å². The van der Waals surface area contributed by atoms with Gasteiger partial charge in [-0.15, -0.1) is 11.3 Å². The quantitative estimate of drug-likeness (QED) is 0.515. The largest absolute Gasteiger partial charge is 0.544 e. The van der Waals surface area contributed by atoms with Gasteiger partial charge in [-0.05, 0) is 35.9 Å². The average Bonchev–Trinajstić information content (AvgIpc) is 3.10. The number of carboxylic acids is 1. The number of allylic oxidation sites excluding steroid dienone is 1. The first-order valence-electron chi connectivity index (χ1n) is 7.10. The van der Waals surface area contributed by atoms with Crippen molar-refractivity contribution < 1.29 is 37.7 Å². The zero-order chi connectivity index (χ0) is 19.3. The highest BCUT2D eigenvalue weighted by atomic mass is 32.1. The molecule has 2 rings (SSSR count). The fourth-order valence-electron chi connectivity index (χ4n) is 2.04. The van der Waals surface area contributed by atoms with E-state index in [4.69, 9.17) is 9.47 Å². The molecule has 1 heterocycles. The lowest BCUT2D eigenvalue weighted by Gasteiger charge is -2.14. The molecule has 0 N–H and O–H groups in total. The van der Waals surface area contributed by atoms with Crippen molar-refractivity contribution in [3.63, 3.8) is 0 Å². The number of ether oxygens (including phenoxy) is 3. The molecular weight excluding hydrogens is 370 g/mol. The number of aromatic carboxylic acids is 1. The highest BCUT2D eigenvalue weighted by molar-refractivity contribution is 7.16. The topological polar surface area (TPSA) is 84.9 Å². The number of halogens is 2. The van der Waals surface area contributed by atoms with Crippen molar-refractivity contribution in [2.24, 2.45) is 0 Å². The molecule has 0 spiro atoms. The minimum absolute atomic E-state index is 0.00658. The maximum atomic E-state index is 12.5. The van der Waals surface area contributed by atoms with E-state index in [1.54, 1.807) is 0 Å². The molecule has 0 unspecified atom stereocenters. The van der Waals surface area contributed by atoms with E-state index in [0.29, 0.717) is 5.56 Å². The Morgan fingerprint density at radius 1 is 1.12 bits per heavy atom. The number of carbonyl (C=O) groups is 2. The Morgan fingerprint density at radius 2 is 1.69 bits per heavy atom. The number of alkyl halides is 2. The van der Waals surface area contributed by atoms with E-state index >= 15 is 0 Å². The molecule has 0 fully saturated rings. The van der Waals surface area contributed by atoms with E-state index < -0.39 is 18.4 Å². The Kier molecular flexibility index (Phi) is 6.29. The third-order valence-corrected chi connectivity index (χ3v) is 4.25. The van der Waals surface area contributed by atoms with E-state index in [0.717, 1.165) is 11.3 Å². The molecule has 0 aliphatic carbocycles. The Labute approximate surface area is 151 Å². The lowest BCUT2D eigenvalue weighted by molar-refractivity contribution is -0.254. The van der Waals surface area contributed by atoms with Gasteiger partial charge in [-0.3, -0.25) is 4.79 Å². The van der Waals surface area contributed by atoms with Gasteiger partial charge in [-0.2, -0.15) is 8.78 Å². The van der Waals surface area contributed by atoms with E-state index in [1.165, 1.54) is 50.6 Å². The molecule has 1 aromatic carbocycles. The summed E-state index contributed by atoms with van der Waals surface area (Å²) in [7, 11) is 2.55. The molecule has 0 aliphatic rings. The number of hydrogen-bond acceptors (Lipinski definition) is 7. The van der Waals surface area contributed by atoms with Crippen LogP contribution in [0, 0.1) is 0 Å². The van der Waals surface area contributed by atoms with Crippen molar-refractivity contribution in [1.82, 2.24) is 0 Å². The Hall–Kier alpha value is -2.94. The summed E-state index contributed by atoms with van der Waals surface area (Å²) < 4.78 is 39.5. The summed E-state index contributed by atoms with van der Waals surface area (Å²) in [5.41, 5.74) is 0.436. The van der Waals surface area contributed by atoms with Crippen molar-refractivity contribution in [3.8, 4) is 17.2 Å². The number of rotatable bonds is 8. The summed E-state index contributed by atoms with van der Waals surface area (Å²) in [6, 6.07) is 5.45. The van der Waals surface area contributed by atoms with Crippen LogP contribution in [0.5, 0.6) is 17.2 Å². The highest BCUT2D eigenvalue weighted by Crippen LogP contribution is 2.39. The normalized spacial score (nSPS) is 11.0. The van der Waals surface area contributed by atoms with Crippen LogP contribution in [0.4, 0.5) is 8.78 Å². The van der Waals surface area contributed by atoms with Gasteiger partial charge in [0.05, 0.1) is 29.9 Å². The molecule has 0 radical (unpaired) electrons. The van der Waals surface area contributed by atoms with Gasteiger partial charge < -0.3 is 24.1 Å². The Morgan fingerprint density at radius 3 is 2.15 bits per heavy atom. The Bertz CT molecular complexity index is 819. The number of methoxy groups -OCH3 is 2. The molecule has 0 atom stereocenters. The molecule has 0 bridgehead atoms. The predicted octanol–water partition coefficient (Wildman–Crippen LogP) is 2.63. The maximum Gasteiger partial charge on any atom is 0.387 e. The molecule has 0 aliphatic heterocycles. The minimum Gasteiger partial charge on any atom is -0.544 e. The third-order valence-electron chi connectivity index (χ3n) is 3.17. The van der Waals surface area contributed by atoms with Crippen LogP contribution < -0.4 is 19.3 Å². The first kappa shape index (κ1) is 19.4. The minimum atomic E-state index is -3.06. The van der Waals surface area contributed by atoms with Crippen LogP contribution in [-0.4, -0.2) is 32.6 Å². The first-order chi connectivity index (χ1) is 12.3. The van der Waals surface area contributed by atoms with Gasteiger partial charge in [0.15, 0.2) is 17.3 Å². The SMILES string of the molecule is COc1cc(/C=C/C(=O)c2ccc(C(=O)[O-])s2)cc(OC)c1OC(F)F. The van der Waals surface area contributed by atoms with E-state index in [-0.39, 0.29) is 27.0 Å². The number of hydrogen-bond donors (Lipinski definition) is 0. The molecule has 0 amide bonds. The molecule has 1 aromatic heterocycles.